The lowest BCUT2D eigenvalue weighted by Crippen LogP contribution is -2.47. The zero-order valence-corrected chi connectivity index (χ0v) is 15.2. The summed E-state index contributed by atoms with van der Waals surface area (Å²) in [6.07, 6.45) is 1.07. The SMILES string of the molecule is CCCNCc1ccc(S(=O)(=O)NCC(C)(C)N(C)C)s1. The summed E-state index contributed by atoms with van der Waals surface area (Å²) in [4.78, 5) is 3.04. The molecule has 0 saturated carbocycles. The van der Waals surface area contributed by atoms with Crippen LogP contribution >= 0.6 is 11.3 Å². The van der Waals surface area contributed by atoms with E-state index in [0.717, 1.165) is 24.4 Å². The van der Waals surface area contributed by atoms with Gasteiger partial charge in [-0.15, -0.1) is 11.3 Å². The van der Waals surface area contributed by atoms with Crippen molar-refractivity contribution in [2.24, 2.45) is 0 Å². The summed E-state index contributed by atoms with van der Waals surface area (Å²) in [5.74, 6) is 0. The number of hydrogen-bond donors (Lipinski definition) is 2. The highest BCUT2D eigenvalue weighted by atomic mass is 32.2. The standard InChI is InChI=1S/C14H27N3O2S2/c1-6-9-15-10-12-7-8-13(20-12)21(18,19)16-11-14(2,3)17(4)5/h7-8,15-16H,6,9-11H2,1-5H3. The molecule has 21 heavy (non-hydrogen) atoms. The summed E-state index contributed by atoms with van der Waals surface area (Å²) in [5.41, 5.74) is -0.226. The topological polar surface area (TPSA) is 61.4 Å². The van der Waals surface area contributed by atoms with Crippen molar-refractivity contribution in [3.63, 3.8) is 0 Å². The molecule has 1 heterocycles. The second kappa shape index (κ2) is 7.69. The summed E-state index contributed by atoms with van der Waals surface area (Å²) in [6.45, 7) is 8.15. The molecule has 1 aromatic rings. The number of thiophene rings is 1. The van der Waals surface area contributed by atoms with Crippen LogP contribution in [-0.2, 0) is 16.6 Å². The van der Waals surface area contributed by atoms with Crippen LogP contribution in [0.25, 0.3) is 0 Å². The summed E-state index contributed by atoms with van der Waals surface area (Å²) < 4.78 is 27.7. The Balaban J connectivity index is 2.66. The Kier molecular flexibility index (Phi) is 6.80. The third-order valence-corrected chi connectivity index (χ3v) is 6.51. The Bertz CT molecular complexity index is 536. The molecular formula is C14H27N3O2S2. The van der Waals surface area contributed by atoms with Crippen LogP contribution in [0.15, 0.2) is 16.3 Å². The van der Waals surface area contributed by atoms with E-state index >= 15 is 0 Å². The monoisotopic (exact) mass is 333 g/mol. The van der Waals surface area contributed by atoms with Gasteiger partial charge in [-0.1, -0.05) is 6.92 Å². The maximum Gasteiger partial charge on any atom is 0.250 e. The van der Waals surface area contributed by atoms with E-state index in [1.54, 1.807) is 6.07 Å². The van der Waals surface area contributed by atoms with E-state index in [1.807, 2.05) is 38.9 Å². The van der Waals surface area contributed by atoms with Crippen LogP contribution in [0.4, 0.5) is 0 Å². The van der Waals surface area contributed by atoms with Crippen molar-refractivity contribution in [2.75, 3.05) is 27.2 Å². The van der Waals surface area contributed by atoms with Gasteiger partial charge in [0.25, 0.3) is 0 Å². The molecule has 0 saturated heterocycles. The van der Waals surface area contributed by atoms with E-state index in [2.05, 4.69) is 17.0 Å². The average molecular weight is 334 g/mol. The quantitative estimate of drug-likeness (QED) is 0.677. The predicted octanol–water partition coefficient (Wildman–Crippen LogP) is 1.87. The Morgan fingerprint density at radius 3 is 2.52 bits per heavy atom. The molecule has 1 aromatic heterocycles. The lowest BCUT2D eigenvalue weighted by Gasteiger charge is -2.32. The molecule has 0 bridgehead atoms. The fourth-order valence-corrected chi connectivity index (χ4v) is 4.06. The summed E-state index contributed by atoms with van der Waals surface area (Å²) >= 11 is 1.32. The summed E-state index contributed by atoms with van der Waals surface area (Å²) in [7, 11) is 0.460. The molecule has 0 radical (unpaired) electrons. The lowest BCUT2D eigenvalue weighted by atomic mass is 10.1. The van der Waals surface area contributed by atoms with E-state index in [-0.39, 0.29) is 5.54 Å². The van der Waals surface area contributed by atoms with Crippen LogP contribution in [0.3, 0.4) is 0 Å². The smallest absolute Gasteiger partial charge is 0.250 e. The van der Waals surface area contributed by atoms with Gasteiger partial charge in [0.15, 0.2) is 0 Å². The van der Waals surface area contributed by atoms with Crippen molar-refractivity contribution in [1.82, 2.24) is 14.9 Å². The summed E-state index contributed by atoms with van der Waals surface area (Å²) in [6, 6.07) is 3.55. The number of sulfonamides is 1. The lowest BCUT2D eigenvalue weighted by molar-refractivity contribution is 0.199. The molecule has 0 aliphatic carbocycles. The van der Waals surface area contributed by atoms with E-state index in [1.165, 1.54) is 11.3 Å². The minimum absolute atomic E-state index is 0.226. The van der Waals surface area contributed by atoms with Crippen LogP contribution < -0.4 is 10.0 Å². The molecule has 1 rings (SSSR count). The fourth-order valence-electron chi connectivity index (χ4n) is 1.49. The Morgan fingerprint density at radius 2 is 1.95 bits per heavy atom. The summed E-state index contributed by atoms with van der Waals surface area (Å²) in [5, 5.41) is 3.28. The zero-order chi connectivity index (χ0) is 16.1. The van der Waals surface area contributed by atoms with Gasteiger partial charge in [-0.3, -0.25) is 0 Å². The highest BCUT2D eigenvalue weighted by Crippen LogP contribution is 2.22. The first-order valence-corrected chi connectivity index (χ1v) is 9.45. The number of hydrogen-bond acceptors (Lipinski definition) is 5. The third-order valence-electron chi connectivity index (χ3n) is 3.53. The van der Waals surface area contributed by atoms with Crippen molar-refractivity contribution in [3.05, 3.63) is 17.0 Å². The van der Waals surface area contributed by atoms with Crippen LogP contribution in [0.5, 0.6) is 0 Å². The highest BCUT2D eigenvalue weighted by molar-refractivity contribution is 7.91. The first-order chi connectivity index (χ1) is 9.69. The molecule has 5 nitrogen and oxygen atoms in total. The number of likely N-dealkylation sites (N-methyl/N-ethyl adjacent to an activating group) is 1. The van der Waals surface area contributed by atoms with Crippen molar-refractivity contribution in [2.45, 2.75) is 43.5 Å². The van der Waals surface area contributed by atoms with Crippen molar-refractivity contribution < 1.29 is 8.42 Å². The van der Waals surface area contributed by atoms with Gasteiger partial charge in [0.05, 0.1) is 0 Å². The van der Waals surface area contributed by atoms with E-state index < -0.39 is 10.0 Å². The van der Waals surface area contributed by atoms with Crippen LogP contribution in [0.2, 0.25) is 0 Å². The maximum atomic E-state index is 12.3. The molecule has 0 atom stereocenters. The molecule has 0 fully saturated rings. The number of nitrogens with zero attached hydrogens (tertiary/aromatic N) is 1. The first kappa shape index (κ1) is 18.6. The Hall–Kier alpha value is -0.470. The maximum absolute atomic E-state index is 12.3. The highest BCUT2D eigenvalue weighted by Gasteiger charge is 2.24. The molecule has 0 aromatic carbocycles. The van der Waals surface area contributed by atoms with Gasteiger partial charge in [0.2, 0.25) is 10.0 Å². The molecule has 122 valence electrons. The van der Waals surface area contributed by atoms with Crippen molar-refractivity contribution in [3.8, 4) is 0 Å². The molecule has 0 spiro atoms. The predicted molar refractivity (Wildman–Crippen MR) is 89.3 cm³/mol. The van der Waals surface area contributed by atoms with Crippen LogP contribution in [-0.4, -0.2) is 46.0 Å². The van der Waals surface area contributed by atoms with Gasteiger partial charge in [-0.25, -0.2) is 13.1 Å². The number of rotatable bonds is 9. The molecule has 2 N–H and O–H groups in total. The van der Waals surface area contributed by atoms with Gasteiger partial charge in [0.1, 0.15) is 4.21 Å². The Morgan fingerprint density at radius 1 is 1.29 bits per heavy atom. The fraction of sp³-hybridized carbons (Fsp3) is 0.714. The van der Waals surface area contributed by atoms with Crippen LogP contribution in [0, 0.1) is 0 Å². The largest absolute Gasteiger partial charge is 0.312 e. The molecule has 0 unspecified atom stereocenters. The second-order valence-electron chi connectivity index (χ2n) is 5.93. The molecule has 0 aliphatic rings. The second-order valence-corrected chi connectivity index (χ2v) is 9.09. The normalized spacial score (nSPS) is 13.0. The molecule has 7 heteroatoms. The molecular weight excluding hydrogens is 306 g/mol. The minimum atomic E-state index is -3.42. The van der Waals surface area contributed by atoms with Gasteiger partial charge in [-0.2, -0.15) is 0 Å². The Labute approximate surface area is 132 Å². The van der Waals surface area contributed by atoms with Crippen molar-refractivity contribution >= 4 is 21.4 Å². The average Bonchev–Trinajstić information content (AvgIpc) is 2.86. The van der Waals surface area contributed by atoms with Gasteiger partial charge < -0.3 is 10.2 Å². The molecule has 0 aliphatic heterocycles. The van der Waals surface area contributed by atoms with Gasteiger partial charge >= 0.3 is 0 Å². The van der Waals surface area contributed by atoms with Gasteiger partial charge in [-0.05, 0) is 53.0 Å². The van der Waals surface area contributed by atoms with E-state index in [9.17, 15) is 8.42 Å². The minimum Gasteiger partial charge on any atom is -0.312 e. The van der Waals surface area contributed by atoms with Gasteiger partial charge in [0, 0.05) is 23.5 Å². The van der Waals surface area contributed by atoms with Crippen molar-refractivity contribution in [1.29, 1.82) is 0 Å². The van der Waals surface area contributed by atoms with Crippen LogP contribution in [0.1, 0.15) is 32.1 Å². The zero-order valence-electron chi connectivity index (χ0n) is 13.6. The number of nitrogens with one attached hydrogen (secondary N) is 2. The van der Waals surface area contributed by atoms with E-state index in [4.69, 9.17) is 0 Å². The molecule has 0 amide bonds. The third kappa shape index (κ3) is 5.67. The van der Waals surface area contributed by atoms with E-state index in [0.29, 0.717) is 10.8 Å². The first-order valence-electron chi connectivity index (χ1n) is 7.15.